The van der Waals surface area contributed by atoms with E-state index in [0.717, 1.165) is 57.8 Å². The van der Waals surface area contributed by atoms with Crippen LogP contribution in [0, 0.1) is 0 Å². The van der Waals surface area contributed by atoms with Gasteiger partial charge in [-0.1, -0.05) is 159 Å². The average molecular weight is 854 g/mol. The lowest BCUT2D eigenvalue weighted by molar-refractivity contribution is -0.303. The Morgan fingerprint density at radius 3 is 1.48 bits per heavy atom. The van der Waals surface area contributed by atoms with Crippen LogP contribution < -0.4 is 5.32 Å². The number of aliphatic hydroxyl groups is 7. The molecule has 1 fully saturated rings. The second kappa shape index (κ2) is 39.0. The maximum absolute atomic E-state index is 13.1. The molecular weight excluding hydrogens is 763 g/mol. The van der Waals surface area contributed by atoms with E-state index in [4.69, 9.17) is 9.47 Å². The van der Waals surface area contributed by atoms with E-state index in [1.54, 1.807) is 0 Å². The SMILES string of the molecule is CCCCCCC/C=C/CC/C=C/CCCC(O)C(O)C(COC1OC(CO)C(O)C(O)C1O)NC(=O)C(O)CCCCCCCC/C=C\CCCCCCCCCCC. The minimum atomic E-state index is -1.67. The Morgan fingerprint density at radius 2 is 1.00 bits per heavy atom. The zero-order chi connectivity index (χ0) is 44.1. The van der Waals surface area contributed by atoms with Crippen LogP contribution in [-0.4, -0.2) is 110 Å². The standard InChI is InChI=1S/C49H91NO10/c1-3-5-7-9-11-13-15-17-19-20-21-22-23-25-27-29-31-33-35-37-42(53)48(58)50-40(39-59-49-47(57)46(56)45(55)43(38-51)60-49)44(54)41(52)36-34-32-30-28-26-24-18-16-14-12-10-8-6-4-2/h16,18,21-22,28,30,40-47,49,51-57H,3-15,17,19-20,23-27,29,31-39H2,1-2H3,(H,50,58)/b18-16+,22-21-,30-28+. The quantitative estimate of drug-likeness (QED) is 0.0220. The first-order valence-corrected chi connectivity index (χ1v) is 24.4. The van der Waals surface area contributed by atoms with Crippen LogP contribution in [0.15, 0.2) is 36.5 Å². The second-order valence-corrected chi connectivity index (χ2v) is 17.2. The summed E-state index contributed by atoms with van der Waals surface area (Å²) in [6, 6.07) is -1.19. The molecular formula is C49H91NO10. The molecule has 0 aromatic carbocycles. The zero-order valence-electron chi connectivity index (χ0n) is 37.9. The Kier molecular flexibility index (Phi) is 36.6. The van der Waals surface area contributed by atoms with Crippen molar-refractivity contribution in [1.29, 1.82) is 0 Å². The molecule has 1 heterocycles. The monoisotopic (exact) mass is 854 g/mol. The summed E-state index contributed by atoms with van der Waals surface area (Å²) in [5.41, 5.74) is 0. The van der Waals surface area contributed by atoms with E-state index in [2.05, 4.69) is 55.6 Å². The highest BCUT2D eigenvalue weighted by Gasteiger charge is 2.44. The fourth-order valence-electron chi connectivity index (χ4n) is 7.57. The Hall–Kier alpha value is -1.67. The van der Waals surface area contributed by atoms with Gasteiger partial charge in [-0.3, -0.25) is 4.79 Å². The van der Waals surface area contributed by atoms with Crippen molar-refractivity contribution < 1.29 is 50.0 Å². The molecule has 1 aliphatic rings. The van der Waals surface area contributed by atoms with Gasteiger partial charge in [-0.2, -0.15) is 0 Å². The number of allylic oxidation sites excluding steroid dienone is 6. The van der Waals surface area contributed by atoms with E-state index in [1.165, 1.54) is 96.3 Å². The number of carbonyl (C=O) groups is 1. The largest absolute Gasteiger partial charge is 0.394 e. The molecule has 0 spiro atoms. The summed E-state index contributed by atoms with van der Waals surface area (Å²) in [4.78, 5) is 13.1. The summed E-state index contributed by atoms with van der Waals surface area (Å²) in [5, 5.41) is 75.7. The average Bonchev–Trinajstić information content (AvgIpc) is 3.25. The van der Waals surface area contributed by atoms with Crippen LogP contribution in [0.3, 0.4) is 0 Å². The Labute approximate surface area is 365 Å². The van der Waals surface area contributed by atoms with Gasteiger partial charge in [-0.05, 0) is 77.0 Å². The van der Waals surface area contributed by atoms with Gasteiger partial charge < -0.3 is 50.5 Å². The lowest BCUT2D eigenvalue weighted by Crippen LogP contribution is -2.60. The van der Waals surface area contributed by atoms with Gasteiger partial charge >= 0.3 is 0 Å². The Balaban J connectivity index is 2.45. The van der Waals surface area contributed by atoms with Crippen molar-refractivity contribution in [2.75, 3.05) is 13.2 Å². The first-order chi connectivity index (χ1) is 29.2. The minimum absolute atomic E-state index is 0.244. The molecule has 0 radical (unpaired) electrons. The minimum Gasteiger partial charge on any atom is -0.394 e. The predicted octanol–water partition coefficient (Wildman–Crippen LogP) is 8.39. The normalized spacial score (nSPS) is 21.9. The van der Waals surface area contributed by atoms with Crippen LogP contribution in [-0.2, 0) is 14.3 Å². The number of hydrogen-bond donors (Lipinski definition) is 8. The van der Waals surface area contributed by atoms with Gasteiger partial charge in [0.1, 0.15) is 36.6 Å². The maximum atomic E-state index is 13.1. The topological polar surface area (TPSA) is 189 Å². The molecule has 1 saturated heterocycles. The smallest absolute Gasteiger partial charge is 0.249 e. The lowest BCUT2D eigenvalue weighted by atomic mass is 9.98. The summed E-state index contributed by atoms with van der Waals surface area (Å²) < 4.78 is 11.1. The molecule has 1 aliphatic heterocycles. The fraction of sp³-hybridized carbons (Fsp3) is 0.857. The van der Waals surface area contributed by atoms with Crippen LogP contribution in [0.4, 0.5) is 0 Å². The number of aliphatic hydroxyl groups excluding tert-OH is 7. The fourth-order valence-corrected chi connectivity index (χ4v) is 7.57. The van der Waals surface area contributed by atoms with Crippen LogP contribution >= 0.6 is 0 Å². The molecule has 11 nitrogen and oxygen atoms in total. The number of ether oxygens (including phenoxy) is 2. The molecule has 0 aromatic rings. The number of carbonyl (C=O) groups excluding carboxylic acids is 1. The Bertz CT molecular complexity index is 1070. The third-order valence-electron chi connectivity index (χ3n) is 11.6. The summed E-state index contributed by atoms with van der Waals surface area (Å²) in [7, 11) is 0. The molecule has 0 bridgehead atoms. The van der Waals surface area contributed by atoms with Crippen LogP contribution in [0.2, 0.25) is 0 Å². The third kappa shape index (κ3) is 28.1. The zero-order valence-corrected chi connectivity index (χ0v) is 37.9. The molecule has 0 aromatic heterocycles. The van der Waals surface area contributed by atoms with Crippen LogP contribution in [0.1, 0.15) is 200 Å². The van der Waals surface area contributed by atoms with E-state index in [1.807, 2.05) is 0 Å². The summed E-state index contributed by atoms with van der Waals surface area (Å²) in [5.74, 6) is -0.716. The van der Waals surface area contributed by atoms with Gasteiger partial charge in [-0.15, -0.1) is 0 Å². The predicted molar refractivity (Wildman–Crippen MR) is 242 cm³/mol. The summed E-state index contributed by atoms with van der Waals surface area (Å²) >= 11 is 0. The molecule has 8 N–H and O–H groups in total. The number of rotatable bonds is 40. The lowest BCUT2D eigenvalue weighted by Gasteiger charge is -2.40. The highest BCUT2D eigenvalue weighted by atomic mass is 16.7. The number of unbranched alkanes of at least 4 members (excludes halogenated alkanes) is 22. The summed E-state index contributed by atoms with van der Waals surface area (Å²) in [6.45, 7) is 3.40. The van der Waals surface area contributed by atoms with Gasteiger partial charge in [0.15, 0.2) is 6.29 Å². The molecule has 11 heteroatoms. The first-order valence-electron chi connectivity index (χ1n) is 24.4. The highest BCUT2D eigenvalue weighted by Crippen LogP contribution is 2.23. The molecule has 1 rings (SSSR count). The van der Waals surface area contributed by atoms with Crippen molar-refractivity contribution in [3.8, 4) is 0 Å². The molecule has 1 amide bonds. The van der Waals surface area contributed by atoms with Crippen LogP contribution in [0.25, 0.3) is 0 Å². The molecule has 9 unspecified atom stereocenters. The van der Waals surface area contributed by atoms with Crippen molar-refractivity contribution in [2.24, 2.45) is 0 Å². The maximum Gasteiger partial charge on any atom is 0.249 e. The highest BCUT2D eigenvalue weighted by molar-refractivity contribution is 5.80. The molecule has 0 aliphatic carbocycles. The van der Waals surface area contributed by atoms with Crippen molar-refractivity contribution in [1.82, 2.24) is 5.32 Å². The molecule has 352 valence electrons. The number of amides is 1. The number of hydrogen-bond acceptors (Lipinski definition) is 10. The van der Waals surface area contributed by atoms with E-state index < -0.39 is 74.2 Å². The Morgan fingerprint density at radius 1 is 0.567 bits per heavy atom. The van der Waals surface area contributed by atoms with E-state index in [0.29, 0.717) is 19.3 Å². The molecule has 0 saturated carbocycles. The van der Waals surface area contributed by atoms with Crippen molar-refractivity contribution in [3.63, 3.8) is 0 Å². The van der Waals surface area contributed by atoms with Gasteiger partial charge in [0.2, 0.25) is 5.91 Å². The van der Waals surface area contributed by atoms with Gasteiger partial charge in [-0.25, -0.2) is 0 Å². The van der Waals surface area contributed by atoms with Gasteiger partial charge in [0.05, 0.1) is 25.4 Å². The number of nitrogens with one attached hydrogen (secondary N) is 1. The first kappa shape index (κ1) is 56.3. The second-order valence-electron chi connectivity index (χ2n) is 17.2. The molecule has 60 heavy (non-hydrogen) atoms. The van der Waals surface area contributed by atoms with E-state index in [9.17, 15) is 40.5 Å². The van der Waals surface area contributed by atoms with Crippen LogP contribution in [0.5, 0.6) is 0 Å². The van der Waals surface area contributed by atoms with E-state index in [-0.39, 0.29) is 12.8 Å². The molecule has 9 atom stereocenters. The van der Waals surface area contributed by atoms with Crippen molar-refractivity contribution in [3.05, 3.63) is 36.5 Å². The van der Waals surface area contributed by atoms with Crippen molar-refractivity contribution >= 4 is 5.91 Å². The summed E-state index contributed by atoms with van der Waals surface area (Å²) in [6.07, 6.45) is 33.3. The van der Waals surface area contributed by atoms with Gasteiger partial charge in [0, 0.05) is 0 Å². The van der Waals surface area contributed by atoms with Crippen molar-refractivity contribution in [2.45, 2.75) is 255 Å². The van der Waals surface area contributed by atoms with E-state index >= 15 is 0 Å². The van der Waals surface area contributed by atoms with Gasteiger partial charge in [0.25, 0.3) is 0 Å². The third-order valence-corrected chi connectivity index (χ3v) is 11.6.